The highest BCUT2D eigenvalue weighted by atomic mass is 16.5. The summed E-state index contributed by atoms with van der Waals surface area (Å²) in [5.41, 5.74) is 0. The number of hydrogen-bond donors (Lipinski definition) is 0. The van der Waals surface area contributed by atoms with Gasteiger partial charge in [0.2, 0.25) is 0 Å². The largest absolute Gasteiger partial charge is 0.466 e. The van der Waals surface area contributed by atoms with Gasteiger partial charge in [-0.2, -0.15) is 0 Å². The highest BCUT2D eigenvalue weighted by Crippen LogP contribution is 2.14. The van der Waals surface area contributed by atoms with Gasteiger partial charge in [-0.25, -0.2) is 0 Å². The molecule has 0 heterocycles. The van der Waals surface area contributed by atoms with Crippen molar-refractivity contribution in [2.24, 2.45) is 0 Å². The molecule has 0 aliphatic heterocycles. The van der Waals surface area contributed by atoms with E-state index in [0.29, 0.717) is 13.0 Å². The van der Waals surface area contributed by atoms with E-state index in [4.69, 9.17) is 4.74 Å². The number of carbonyl (C=O) groups is 1. The van der Waals surface area contributed by atoms with E-state index in [1.54, 1.807) is 0 Å². The van der Waals surface area contributed by atoms with Crippen molar-refractivity contribution in [1.29, 1.82) is 0 Å². The average Bonchev–Trinajstić information content (AvgIpc) is 2.88. The fourth-order valence-corrected chi connectivity index (χ4v) is 4.92. The summed E-state index contributed by atoms with van der Waals surface area (Å²) in [7, 11) is 0. The van der Waals surface area contributed by atoms with E-state index < -0.39 is 0 Å². The van der Waals surface area contributed by atoms with Crippen molar-refractivity contribution in [2.45, 2.75) is 180 Å². The van der Waals surface area contributed by atoms with Crippen LogP contribution in [0.25, 0.3) is 0 Å². The molecule has 0 fully saturated rings. The van der Waals surface area contributed by atoms with Gasteiger partial charge in [0.25, 0.3) is 0 Å². The third-order valence-corrected chi connectivity index (χ3v) is 7.35. The zero-order valence-electron chi connectivity index (χ0n) is 24.4. The summed E-state index contributed by atoms with van der Waals surface area (Å²) in [5.74, 6) is 0.0174. The van der Waals surface area contributed by atoms with Crippen LogP contribution in [0, 0.1) is 0 Å². The minimum absolute atomic E-state index is 0.0174. The van der Waals surface area contributed by atoms with E-state index in [-0.39, 0.29) is 5.97 Å². The predicted molar refractivity (Wildman–Crippen MR) is 161 cm³/mol. The molecule has 0 saturated heterocycles. The molecule has 0 aromatic carbocycles. The SMILES string of the molecule is C=CCCCCCCCCCCCCCCCOC(=O)CCCCCCCCCCCCCCC=C. The lowest BCUT2D eigenvalue weighted by atomic mass is 10.0. The molecule has 2 nitrogen and oxygen atoms in total. The number of rotatable bonds is 31. The Balaban J connectivity index is 3.15. The molecule has 0 saturated carbocycles. The van der Waals surface area contributed by atoms with Crippen molar-refractivity contribution in [3.63, 3.8) is 0 Å². The fourth-order valence-electron chi connectivity index (χ4n) is 4.92. The molecule has 0 aliphatic carbocycles. The fraction of sp³-hybridized carbons (Fsp3) is 0.853. The van der Waals surface area contributed by atoms with Crippen LogP contribution >= 0.6 is 0 Å². The minimum Gasteiger partial charge on any atom is -0.466 e. The lowest BCUT2D eigenvalue weighted by Crippen LogP contribution is -2.05. The Morgan fingerprint density at radius 2 is 0.694 bits per heavy atom. The molecule has 0 N–H and O–H groups in total. The normalized spacial score (nSPS) is 11.0. The van der Waals surface area contributed by atoms with Crippen LogP contribution in [-0.2, 0) is 9.53 Å². The van der Waals surface area contributed by atoms with Crippen LogP contribution in [0.15, 0.2) is 25.3 Å². The first kappa shape index (κ1) is 35.0. The topological polar surface area (TPSA) is 26.3 Å². The quantitative estimate of drug-likeness (QED) is 0.0533. The second kappa shape index (κ2) is 32.0. The van der Waals surface area contributed by atoms with Crippen molar-refractivity contribution in [3.05, 3.63) is 25.3 Å². The van der Waals surface area contributed by atoms with Crippen LogP contribution in [0.5, 0.6) is 0 Å². The van der Waals surface area contributed by atoms with Gasteiger partial charge in [-0.1, -0.05) is 147 Å². The third kappa shape index (κ3) is 31.0. The number of ether oxygens (including phenoxy) is 1. The van der Waals surface area contributed by atoms with Gasteiger partial charge in [0.15, 0.2) is 0 Å². The molecule has 0 aromatic heterocycles. The van der Waals surface area contributed by atoms with Gasteiger partial charge in [-0.05, 0) is 38.5 Å². The van der Waals surface area contributed by atoms with Gasteiger partial charge in [0.05, 0.1) is 6.61 Å². The summed E-state index contributed by atoms with van der Waals surface area (Å²) < 4.78 is 5.42. The van der Waals surface area contributed by atoms with Crippen LogP contribution in [0.3, 0.4) is 0 Å². The number of allylic oxidation sites excluding steroid dienone is 2. The number of carbonyl (C=O) groups excluding carboxylic acids is 1. The van der Waals surface area contributed by atoms with Gasteiger partial charge in [-0.3, -0.25) is 4.79 Å². The highest BCUT2D eigenvalue weighted by molar-refractivity contribution is 5.69. The molecule has 2 heteroatoms. The molecule has 0 spiro atoms. The standard InChI is InChI=1S/C34H64O2/c1-3-5-7-9-11-13-15-17-19-21-23-25-27-29-31-33-36-34(35)32-30-28-26-24-22-20-18-16-14-12-10-8-6-4-2/h3-4H,1-2,5-33H2. The maximum absolute atomic E-state index is 11.9. The first-order valence-electron chi connectivity index (χ1n) is 16.2. The monoisotopic (exact) mass is 504 g/mol. The Bertz CT molecular complexity index is 456. The van der Waals surface area contributed by atoms with Gasteiger partial charge in [-0.15, -0.1) is 13.2 Å². The Kier molecular flexibility index (Phi) is 31.0. The van der Waals surface area contributed by atoms with E-state index in [2.05, 4.69) is 13.2 Å². The number of hydrogen-bond acceptors (Lipinski definition) is 2. The molecular formula is C34H64O2. The van der Waals surface area contributed by atoms with Crippen LogP contribution in [0.2, 0.25) is 0 Å². The molecule has 0 radical (unpaired) electrons. The first-order valence-corrected chi connectivity index (χ1v) is 16.2. The Morgan fingerprint density at radius 1 is 0.417 bits per heavy atom. The summed E-state index contributed by atoms with van der Waals surface area (Å²) in [6.07, 6.45) is 40.2. The van der Waals surface area contributed by atoms with Gasteiger partial charge < -0.3 is 4.74 Å². The highest BCUT2D eigenvalue weighted by Gasteiger charge is 2.02. The molecule has 0 rings (SSSR count). The van der Waals surface area contributed by atoms with Crippen molar-refractivity contribution in [2.75, 3.05) is 6.61 Å². The first-order chi connectivity index (χ1) is 17.8. The number of esters is 1. The maximum atomic E-state index is 11.9. The van der Waals surface area contributed by atoms with Gasteiger partial charge in [0.1, 0.15) is 0 Å². The van der Waals surface area contributed by atoms with Crippen molar-refractivity contribution in [1.82, 2.24) is 0 Å². The molecule has 0 unspecified atom stereocenters. The maximum Gasteiger partial charge on any atom is 0.305 e. The Labute approximate surface area is 227 Å². The summed E-state index contributed by atoms with van der Waals surface area (Å²) in [6, 6.07) is 0. The molecule has 212 valence electrons. The third-order valence-electron chi connectivity index (χ3n) is 7.35. The summed E-state index contributed by atoms with van der Waals surface area (Å²) in [4.78, 5) is 11.9. The lowest BCUT2D eigenvalue weighted by molar-refractivity contribution is -0.143. The minimum atomic E-state index is 0.0174. The lowest BCUT2D eigenvalue weighted by Gasteiger charge is -2.06. The smallest absolute Gasteiger partial charge is 0.305 e. The van der Waals surface area contributed by atoms with E-state index >= 15 is 0 Å². The molecular weight excluding hydrogens is 440 g/mol. The van der Waals surface area contributed by atoms with E-state index in [1.165, 1.54) is 161 Å². The predicted octanol–water partition coefficient (Wildman–Crippen LogP) is 11.8. The van der Waals surface area contributed by atoms with E-state index in [1.807, 2.05) is 12.2 Å². The molecule has 0 bridgehead atoms. The molecule has 0 aliphatic rings. The average molecular weight is 505 g/mol. The zero-order chi connectivity index (χ0) is 26.2. The van der Waals surface area contributed by atoms with Crippen LogP contribution in [0.1, 0.15) is 180 Å². The number of unbranched alkanes of at least 4 members (excludes halogenated alkanes) is 25. The van der Waals surface area contributed by atoms with Crippen LogP contribution in [-0.4, -0.2) is 12.6 Å². The van der Waals surface area contributed by atoms with Crippen LogP contribution in [0.4, 0.5) is 0 Å². The zero-order valence-corrected chi connectivity index (χ0v) is 24.4. The molecule has 0 amide bonds. The van der Waals surface area contributed by atoms with E-state index in [9.17, 15) is 4.79 Å². The Morgan fingerprint density at radius 3 is 1.03 bits per heavy atom. The Hall–Kier alpha value is -1.05. The summed E-state index contributed by atoms with van der Waals surface area (Å²) in [6.45, 7) is 8.19. The summed E-state index contributed by atoms with van der Waals surface area (Å²) >= 11 is 0. The van der Waals surface area contributed by atoms with E-state index in [0.717, 1.165) is 12.8 Å². The van der Waals surface area contributed by atoms with Crippen molar-refractivity contribution < 1.29 is 9.53 Å². The summed E-state index contributed by atoms with van der Waals surface area (Å²) in [5, 5.41) is 0. The van der Waals surface area contributed by atoms with Gasteiger partial charge in [0, 0.05) is 6.42 Å². The van der Waals surface area contributed by atoms with Crippen molar-refractivity contribution >= 4 is 5.97 Å². The molecule has 0 aromatic rings. The second-order valence-corrected chi connectivity index (χ2v) is 11.0. The molecule has 0 atom stereocenters. The second-order valence-electron chi connectivity index (χ2n) is 11.0. The van der Waals surface area contributed by atoms with Gasteiger partial charge >= 0.3 is 5.97 Å². The van der Waals surface area contributed by atoms with Crippen molar-refractivity contribution in [3.8, 4) is 0 Å². The molecule has 36 heavy (non-hydrogen) atoms. The van der Waals surface area contributed by atoms with Crippen LogP contribution < -0.4 is 0 Å².